The van der Waals surface area contributed by atoms with Gasteiger partial charge in [0, 0.05) is 17.6 Å². The first kappa shape index (κ1) is 20.3. The van der Waals surface area contributed by atoms with Crippen molar-refractivity contribution in [3.8, 4) is 16.9 Å². The van der Waals surface area contributed by atoms with Gasteiger partial charge in [-0.3, -0.25) is 0 Å². The zero-order valence-electron chi connectivity index (χ0n) is 17.0. The zero-order chi connectivity index (χ0) is 21.4. The fourth-order valence-corrected chi connectivity index (χ4v) is 3.97. The third-order valence-electron chi connectivity index (χ3n) is 5.51. The molecule has 5 heteroatoms. The van der Waals surface area contributed by atoms with Gasteiger partial charge >= 0.3 is 6.18 Å². The monoisotopic (exact) mass is 410 g/mol. The number of nitrogens with zero attached hydrogens (tertiary/aromatic N) is 1. The minimum absolute atomic E-state index is 0.0578. The summed E-state index contributed by atoms with van der Waals surface area (Å²) in [5.74, 6) is 0.800. The van der Waals surface area contributed by atoms with E-state index >= 15 is 0 Å². The Morgan fingerprint density at radius 1 is 1.03 bits per heavy atom. The standard InChI is InChI=1S/C25H23F3NO/c1-24(2)17-29(14-15-30-21-6-4-3-5-7-21)23-13-10-19(16-22(23)24)18-8-11-20(12-9-18)25(26,27)28/h3-4,6-13,16H,14-15,17H2,1-2H3. The molecule has 3 aromatic rings. The molecule has 0 saturated carbocycles. The average molecular weight is 410 g/mol. The van der Waals surface area contributed by atoms with Crippen LogP contribution in [0, 0.1) is 6.07 Å². The molecule has 0 unspecified atom stereocenters. The number of alkyl halides is 3. The lowest BCUT2D eigenvalue weighted by molar-refractivity contribution is -0.137. The highest BCUT2D eigenvalue weighted by molar-refractivity contribution is 5.72. The largest absolute Gasteiger partial charge is 0.492 e. The maximum atomic E-state index is 12.8. The molecule has 1 heterocycles. The number of rotatable bonds is 5. The van der Waals surface area contributed by atoms with Crippen LogP contribution in [0.4, 0.5) is 18.9 Å². The van der Waals surface area contributed by atoms with Gasteiger partial charge in [-0.2, -0.15) is 13.2 Å². The van der Waals surface area contributed by atoms with Crippen LogP contribution in [0.1, 0.15) is 25.0 Å². The second kappa shape index (κ2) is 7.71. The number of hydrogen-bond donors (Lipinski definition) is 0. The van der Waals surface area contributed by atoms with Gasteiger partial charge in [-0.25, -0.2) is 0 Å². The van der Waals surface area contributed by atoms with E-state index < -0.39 is 11.7 Å². The molecule has 0 spiro atoms. The first-order valence-electron chi connectivity index (χ1n) is 9.90. The van der Waals surface area contributed by atoms with Crippen LogP contribution in [-0.2, 0) is 11.6 Å². The minimum Gasteiger partial charge on any atom is -0.492 e. The Balaban J connectivity index is 1.52. The molecule has 0 bridgehead atoms. The summed E-state index contributed by atoms with van der Waals surface area (Å²) in [7, 11) is 0. The van der Waals surface area contributed by atoms with E-state index in [4.69, 9.17) is 4.74 Å². The van der Waals surface area contributed by atoms with Gasteiger partial charge in [0.1, 0.15) is 12.4 Å². The lowest BCUT2D eigenvalue weighted by Gasteiger charge is -2.22. The topological polar surface area (TPSA) is 12.5 Å². The van der Waals surface area contributed by atoms with E-state index in [0.717, 1.165) is 47.8 Å². The lowest BCUT2D eigenvalue weighted by atomic mass is 9.85. The van der Waals surface area contributed by atoms with Crippen molar-refractivity contribution in [3.05, 3.63) is 83.9 Å². The summed E-state index contributed by atoms with van der Waals surface area (Å²) in [6.07, 6.45) is -4.32. The second-order valence-corrected chi connectivity index (χ2v) is 8.20. The summed E-state index contributed by atoms with van der Waals surface area (Å²) in [5.41, 5.74) is 3.37. The molecule has 0 aliphatic carbocycles. The molecule has 0 amide bonds. The highest BCUT2D eigenvalue weighted by Gasteiger charge is 2.35. The van der Waals surface area contributed by atoms with Crippen molar-refractivity contribution in [2.75, 3.05) is 24.6 Å². The summed E-state index contributed by atoms with van der Waals surface area (Å²) >= 11 is 0. The van der Waals surface area contributed by atoms with Crippen molar-refractivity contribution in [3.63, 3.8) is 0 Å². The van der Waals surface area contributed by atoms with Crippen LogP contribution in [0.15, 0.2) is 66.7 Å². The van der Waals surface area contributed by atoms with Crippen molar-refractivity contribution in [1.82, 2.24) is 0 Å². The molecule has 0 atom stereocenters. The predicted octanol–water partition coefficient (Wildman–Crippen LogP) is 6.35. The number of anilines is 1. The van der Waals surface area contributed by atoms with E-state index in [1.807, 2.05) is 30.3 Å². The summed E-state index contributed by atoms with van der Waals surface area (Å²) in [6.45, 7) is 6.56. The van der Waals surface area contributed by atoms with Crippen LogP contribution >= 0.6 is 0 Å². The molecular formula is C25H23F3NO. The highest BCUT2D eigenvalue weighted by Crippen LogP contribution is 2.42. The Kier molecular flexibility index (Phi) is 5.22. The molecule has 0 saturated heterocycles. The van der Waals surface area contributed by atoms with Gasteiger partial charge in [0.15, 0.2) is 0 Å². The SMILES string of the molecule is CC1(C)CN(CCOc2c[c]ccc2)c2ccc(-c3ccc(C(F)(F)F)cc3)cc21. The van der Waals surface area contributed by atoms with Crippen LogP contribution in [0.3, 0.4) is 0 Å². The molecular weight excluding hydrogens is 387 g/mol. The van der Waals surface area contributed by atoms with Crippen molar-refractivity contribution < 1.29 is 17.9 Å². The highest BCUT2D eigenvalue weighted by atomic mass is 19.4. The van der Waals surface area contributed by atoms with Crippen LogP contribution in [0.2, 0.25) is 0 Å². The summed E-state index contributed by atoms with van der Waals surface area (Å²) < 4.78 is 44.3. The Labute approximate surface area is 174 Å². The quantitative estimate of drug-likeness (QED) is 0.486. The maximum absolute atomic E-state index is 12.8. The van der Waals surface area contributed by atoms with Gasteiger partial charge in [-0.15, -0.1) is 0 Å². The van der Waals surface area contributed by atoms with Crippen LogP contribution in [0.25, 0.3) is 11.1 Å². The van der Waals surface area contributed by atoms with Crippen molar-refractivity contribution >= 4 is 5.69 Å². The Morgan fingerprint density at radius 3 is 2.43 bits per heavy atom. The molecule has 3 aromatic carbocycles. The molecule has 30 heavy (non-hydrogen) atoms. The average Bonchev–Trinajstić information content (AvgIpc) is 2.98. The minimum atomic E-state index is -4.32. The molecule has 0 fully saturated rings. The molecule has 4 rings (SSSR count). The van der Waals surface area contributed by atoms with E-state index in [1.54, 1.807) is 0 Å². The van der Waals surface area contributed by atoms with Crippen LogP contribution in [-0.4, -0.2) is 19.7 Å². The predicted molar refractivity (Wildman–Crippen MR) is 113 cm³/mol. The molecule has 1 aliphatic heterocycles. The van der Waals surface area contributed by atoms with Crippen LogP contribution in [0.5, 0.6) is 5.75 Å². The van der Waals surface area contributed by atoms with Crippen molar-refractivity contribution in [2.45, 2.75) is 25.4 Å². The first-order valence-corrected chi connectivity index (χ1v) is 9.90. The van der Waals surface area contributed by atoms with E-state index in [1.165, 1.54) is 17.7 Å². The third-order valence-corrected chi connectivity index (χ3v) is 5.51. The van der Waals surface area contributed by atoms with Crippen molar-refractivity contribution in [1.29, 1.82) is 0 Å². The van der Waals surface area contributed by atoms with E-state index in [2.05, 4.69) is 36.9 Å². The smallest absolute Gasteiger partial charge is 0.416 e. The number of fused-ring (bicyclic) bond motifs is 1. The first-order chi connectivity index (χ1) is 14.2. The summed E-state index contributed by atoms with van der Waals surface area (Å²) in [4.78, 5) is 2.30. The summed E-state index contributed by atoms with van der Waals surface area (Å²) in [6, 6.07) is 21.9. The van der Waals surface area contributed by atoms with E-state index in [9.17, 15) is 13.2 Å². The maximum Gasteiger partial charge on any atom is 0.416 e. The van der Waals surface area contributed by atoms with Crippen LogP contribution < -0.4 is 9.64 Å². The number of halogens is 3. The third kappa shape index (κ3) is 4.16. The van der Waals surface area contributed by atoms with Gasteiger partial charge < -0.3 is 9.64 Å². The molecule has 0 aromatic heterocycles. The molecule has 0 N–H and O–H groups in total. The van der Waals surface area contributed by atoms with Gasteiger partial charge in [0.2, 0.25) is 0 Å². The van der Waals surface area contributed by atoms with E-state index in [0.29, 0.717) is 6.61 Å². The Hall–Kier alpha value is -2.95. The molecule has 2 nitrogen and oxygen atoms in total. The molecule has 1 radical (unpaired) electrons. The van der Waals surface area contributed by atoms with Gasteiger partial charge in [0.05, 0.1) is 12.1 Å². The summed E-state index contributed by atoms with van der Waals surface area (Å²) in [5, 5.41) is 0. The van der Waals surface area contributed by atoms with Gasteiger partial charge in [0.25, 0.3) is 0 Å². The number of ether oxygens (including phenoxy) is 1. The van der Waals surface area contributed by atoms with E-state index in [-0.39, 0.29) is 5.41 Å². The molecule has 155 valence electrons. The number of benzene rings is 3. The fraction of sp³-hybridized carbons (Fsp3) is 0.280. The molecule has 1 aliphatic rings. The van der Waals surface area contributed by atoms with Crippen molar-refractivity contribution in [2.24, 2.45) is 0 Å². The second-order valence-electron chi connectivity index (χ2n) is 8.20. The zero-order valence-corrected chi connectivity index (χ0v) is 17.0. The van der Waals surface area contributed by atoms with Gasteiger partial charge in [-0.1, -0.05) is 44.2 Å². The number of hydrogen-bond acceptors (Lipinski definition) is 2. The Morgan fingerprint density at radius 2 is 1.77 bits per heavy atom. The lowest BCUT2D eigenvalue weighted by Crippen LogP contribution is -2.31. The Bertz CT molecular complexity index is 1010. The van der Waals surface area contributed by atoms with Gasteiger partial charge in [-0.05, 0) is 59.2 Å². The fourth-order valence-electron chi connectivity index (χ4n) is 3.97. The normalized spacial score (nSPS) is 15.2.